The molecule has 0 atom stereocenters. The van der Waals surface area contributed by atoms with E-state index in [1.54, 1.807) is 12.1 Å². The summed E-state index contributed by atoms with van der Waals surface area (Å²) in [5.41, 5.74) is 0.759. The Hall–Kier alpha value is -0.480. The van der Waals surface area contributed by atoms with Gasteiger partial charge in [0.25, 0.3) is 0 Å². The van der Waals surface area contributed by atoms with Crippen LogP contribution in [-0.4, -0.2) is 34.8 Å². The lowest BCUT2D eigenvalue weighted by Gasteiger charge is -2.31. The first-order chi connectivity index (χ1) is 8.60. The van der Waals surface area contributed by atoms with Crippen LogP contribution in [0.25, 0.3) is 0 Å². The fourth-order valence-corrected chi connectivity index (χ4v) is 2.84. The van der Waals surface area contributed by atoms with E-state index in [0.29, 0.717) is 22.5 Å². The van der Waals surface area contributed by atoms with Crippen molar-refractivity contribution in [2.75, 3.05) is 19.7 Å². The molecule has 2 rings (SSSR count). The van der Waals surface area contributed by atoms with E-state index in [-0.39, 0.29) is 12.4 Å². The molecule has 0 saturated carbocycles. The first-order valence-electron chi connectivity index (χ1n) is 6.10. The van der Waals surface area contributed by atoms with Crippen LogP contribution in [0.5, 0.6) is 5.75 Å². The molecule has 1 heterocycles. The van der Waals surface area contributed by atoms with Gasteiger partial charge in [0.15, 0.2) is 0 Å². The van der Waals surface area contributed by atoms with E-state index < -0.39 is 0 Å². The quantitative estimate of drug-likeness (QED) is 0.899. The van der Waals surface area contributed by atoms with E-state index in [1.807, 2.05) is 0 Å². The van der Waals surface area contributed by atoms with Crippen LogP contribution in [0, 0.1) is 5.92 Å². The van der Waals surface area contributed by atoms with Crippen molar-refractivity contribution in [3.63, 3.8) is 0 Å². The molecule has 0 spiro atoms. The van der Waals surface area contributed by atoms with Crippen molar-refractivity contribution < 1.29 is 10.2 Å². The van der Waals surface area contributed by atoms with Crippen molar-refractivity contribution >= 4 is 23.2 Å². The largest absolute Gasteiger partial charge is 0.506 e. The van der Waals surface area contributed by atoms with Crippen molar-refractivity contribution in [3.05, 3.63) is 27.7 Å². The summed E-state index contributed by atoms with van der Waals surface area (Å²) in [6.45, 7) is 2.76. The minimum atomic E-state index is 0.116. The number of benzene rings is 1. The minimum Gasteiger partial charge on any atom is -0.506 e. The van der Waals surface area contributed by atoms with Crippen LogP contribution in [0.4, 0.5) is 0 Å². The van der Waals surface area contributed by atoms with Gasteiger partial charge in [0.2, 0.25) is 0 Å². The van der Waals surface area contributed by atoms with E-state index >= 15 is 0 Å². The molecule has 1 fully saturated rings. The smallest absolute Gasteiger partial charge is 0.138 e. The summed E-state index contributed by atoms with van der Waals surface area (Å²) in [6.07, 6.45) is 1.98. The zero-order valence-corrected chi connectivity index (χ0v) is 11.6. The lowest BCUT2D eigenvalue weighted by atomic mass is 9.97. The number of aliphatic hydroxyl groups is 1. The molecular weight excluding hydrogens is 273 g/mol. The van der Waals surface area contributed by atoms with Crippen molar-refractivity contribution in [1.29, 1.82) is 0 Å². The molecule has 1 saturated heterocycles. The minimum absolute atomic E-state index is 0.116. The Labute approximate surface area is 117 Å². The highest BCUT2D eigenvalue weighted by Gasteiger charge is 2.20. The monoisotopic (exact) mass is 289 g/mol. The third kappa shape index (κ3) is 3.29. The maximum absolute atomic E-state index is 9.89. The highest BCUT2D eigenvalue weighted by molar-refractivity contribution is 6.35. The molecule has 0 aromatic heterocycles. The highest BCUT2D eigenvalue weighted by Crippen LogP contribution is 2.32. The summed E-state index contributed by atoms with van der Waals surface area (Å²) in [7, 11) is 0. The van der Waals surface area contributed by atoms with Gasteiger partial charge < -0.3 is 10.2 Å². The third-order valence-corrected chi connectivity index (χ3v) is 3.97. The Morgan fingerprint density at radius 3 is 2.50 bits per heavy atom. The van der Waals surface area contributed by atoms with Gasteiger partial charge in [-0.25, -0.2) is 0 Å². The van der Waals surface area contributed by atoms with Crippen LogP contribution in [-0.2, 0) is 6.54 Å². The fraction of sp³-hybridized carbons (Fsp3) is 0.538. The number of rotatable bonds is 3. The lowest BCUT2D eigenvalue weighted by molar-refractivity contribution is 0.127. The number of hydrogen-bond donors (Lipinski definition) is 2. The Morgan fingerprint density at radius 1 is 1.22 bits per heavy atom. The maximum atomic E-state index is 9.89. The molecule has 0 bridgehead atoms. The summed E-state index contributed by atoms with van der Waals surface area (Å²) in [4.78, 5) is 2.24. The van der Waals surface area contributed by atoms with E-state index in [4.69, 9.17) is 28.3 Å². The van der Waals surface area contributed by atoms with Gasteiger partial charge in [0.1, 0.15) is 5.75 Å². The molecular formula is C13H17Cl2NO2. The van der Waals surface area contributed by atoms with Crippen LogP contribution >= 0.6 is 23.2 Å². The number of halogens is 2. The second-order valence-electron chi connectivity index (χ2n) is 4.80. The molecule has 0 aliphatic carbocycles. The summed E-state index contributed by atoms with van der Waals surface area (Å²) in [5.74, 6) is 0.531. The number of hydrogen-bond acceptors (Lipinski definition) is 3. The van der Waals surface area contributed by atoms with Gasteiger partial charge in [-0.2, -0.15) is 0 Å². The number of phenols is 1. The second kappa shape index (κ2) is 6.11. The second-order valence-corrected chi connectivity index (χ2v) is 5.64. The van der Waals surface area contributed by atoms with Gasteiger partial charge in [0, 0.05) is 23.7 Å². The van der Waals surface area contributed by atoms with E-state index in [9.17, 15) is 5.11 Å². The number of likely N-dealkylation sites (tertiary alicyclic amines) is 1. The zero-order chi connectivity index (χ0) is 13.1. The first kappa shape index (κ1) is 13.9. The summed E-state index contributed by atoms with van der Waals surface area (Å²) < 4.78 is 0. The SMILES string of the molecule is OCC1CCN(Cc2cc(Cl)cc(Cl)c2O)CC1. The van der Waals surface area contributed by atoms with Crippen LogP contribution < -0.4 is 0 Å². The Balaban J connectivity index is 2.02. The van der Waals surface area contributed by atoms with Crippen molar-refractivity contribution in [2.24, 2.45) is 5.92 Å². The molecule has 100 valence electrons. The average molecular weight is 290 g/mol. The van der Waals surface area contributed by atoms with Gasteiger partial charge in [-0.3, -0.25) is 4.90 Å². The highest BCUT2D eigenvalue weighted by atomic mass is 35.5. The molecule has 0 unspecified atom stereocenters. The lowest BCUT2D eigenvalue weighted by Crippen LogP contribution is -2.34. The number of aliphatic hydroxyl groups excluding tert-OH is 1. The predicted octanol–water partition coefficient (Wildman–Crippen LogP) is 2.90. The molecule has 0 radical (unpaired) electrons. The van der Waals surface area contributed by atoms with Crippen molar-refractivity contribution in [2.45, 2.75) is 19.4 Å². The van der Waals surface area contributed by atoms with Crippen molar-refractivity contribution in [3.8, 4) is 5.75 Å². The molecule has 1 aliphatic rings. The zero-order valence-electron chi connectivity index (χ0n) is 10.1. The Kier molecular flexibility index (Phi) is 4.73. The third-order valence-electron chi connectivity index (χ3n) is 3.47. The summed E-state index contributed by atoms with van der Waals surface area (Å²) in [5, 5.41) is 19.8. The molecule has 5 heteroatoms. The Morgan fingerprint density at radius 2 is 1.89 bits per heavy atom. The molecule has 0 amide bonds. The van der Waals surface area contributed by atoms with E-state index in [1.165, 1.54) is 0 Å². The molecule has 3 nitrogen and oxygen atoms in total. The number of aromatic hydroxyl groups is 1. The van der Waals surface area contributed by atoms with Gasteiger partial charge in [-0.1, -0.05) is 23.2 Å². The summed E-state index contributed by atoms with van der Waals surface area (Å²) >= 11 is 11.8. The van der Waals surface area contributed by atoms with Crippen LogP contribution in [0.15, 0.2) is 12.1 Å². The van der Waals surface area contributed by atoms with Crippen LogP contribution in [0.2, 0.25) is 10.0 Å². The average Bonchev–Trinajstić information content (AvgIpc) is 2.36. The van der Waals surface area contributed by atoms with Gasteiger partial charge >= 0.3 is 0 Å². The molecule has 1 aliphatic heterocycles. The topological polar surface area (TPSA) is 43.7 Å². The normalized spacial score (nSPS) is 18.2. The van der Waals surface area contributed by atoms with Crippen LogP contribution in [0.1, 0.15) is 18.4 Å². The number of nitrogens with zero attached hydrogens (tertiary/aromatic N) is 1. The van der Waals surface area contributed by atoms with E-state index in [0.717, 1.165) is 31.5 Å². The van der Waals surface area contributed by atoms with Gasteiger partial charge in [-0.05, 0) is 44.0 Å². The first-order valence-corrected chi connectivity index (χ1v) is 6.86. The molecule has 1 aromatic rings. The Bertz CT molecular complexity index is 418. The molecule has 1 aromatic carbocycles. The van der Waals surface area contributed by atoms with Gasteiger partial charge in [0.05, 0.1) is 5.02 Å². The molecule has 2 N–H and O–H groups in total. The summed E-state index contributed by atoms with van der Waals surface area (Å²) in [6, 6.07) is 3.29. The maximum Gasteiger partial charge on any atom is 0.138 e. The number of piperidine rings is 1. The van der Waals surface area contributed by atoms with Crippen LogP contribution in [0.3, 0.4) is 0 Å². The standard InChI is InChI=1S/C13H17Cl2NO2/c14-11-5-10(13(18)12(15)6-11)7-16-3-1-9(8-17)2-4-16/h5-6,9,17-18H,1-4,7-8H2. The van der Waals surface area contributed by atoms with Crippen molar-refractivity contribution in [1.82, 2.24) is 4.90 Å². The molecule has 18 heavy (non-hydrogen) atoms. The fourth-order valence-electron chi connectivity index (χ4n) is 2.31. The number of phenolic OH excluding ortho intramolecular Hbond substituents is 1. The predicted molar refractivity (Wildman–Crippen MR) is 73.2 cm³/mol. The van der Waals surface area contributed by atoms with E-state index in [2.05, 4.69) is 4.90 Å². The van der Waals surface area contributed by atoms with Gasteiger partial charge in [-0.15, -0.1) is 0 Å².